The molecule has 100 valence electrons. The Bertz CT molecular complexity index is 218. The van der Waals surface area contributed by atoms with Crippen molar-refractivity contribution < 1.29 is 14.6 Å². The first kappa shape index (κ1) is 14.8. The number of aliphatic carboxylic acids is 1. The Morgan fingerprint density at radius 3 is 2.76 bits per heavy atom. The monoisotopic (exact) mass is 261 g/mol. The van der Waals surface area contributed by atoms with Crippen LogP contribution < -0.4 is 0 Å². The number of thioether (sulfide) groups is 1. The summed E-state index contributed by atoms with van der Waals surface area (Å²) in [6.45, 7) is 3.72. The summed E-state index contributed by atoms with van der Waals surface area (Å²) in [5.41, 5.74) is 0. The molecule has 1 rings (SSSR count). The lowest BCUT2D eigenvalue weighted by Crippen LogP contribution is -2.37. The number of likely N-dealkylation sites (tertiary alicyclic amines) is 1. The Morgan fingerprint density at radius 2 is 2.18 bits per heavy atom. The van der Waals surface area contributed by atoms with Gasteiger partial charge >= 0.3 is 5.97 Å². The third kappa shape index (κ3) is 6.91. The number of hydrogen-bond acceptors (Lipinski definition) is 4. The maximum atomic E-state index is 10.3. The van der Waals surface area contributed by atoms with Gasteiger partial charge in [-0.15, -0.1) is 0 Å². The van der Waals surface area contributed by atoms with E-state index in [0.29, 0.717) is 6.61 Å². The molecule has 1 fully saturated rings. The van der Waals surface area contributed by atoms with Gasteiger partial charge in [-0.25, -0.2) is 0 Å². The molecule has 1 heterocycles. The molecule has 0 atom stereocenters. The van der Waals surface area contributed by atoms with Gasteiger partial charge in [0.15, 0.2) is 0 Å². The van der Waals surface area contributed by atoms with E-state index in [4.69, 9.17) is 9.84 Å². The predicted molar refractivity (Wildman–Crippen MR) is 70.7 cm³/mol. The molecule has 0 radical (unpaired) electrons. The van der Waals surface area contributed by atoms with Gasteiger partial charge in [0, 0.05) is 13.1 Å². The highest BCUT2D eigenvalue weighted by molar-refractivity contribution is 7.98. The van der Waals surface area contributed by atoms with Gasteiger partial charge in [0.1, 0.15) is 0 Å². The van der Waals surface area contributed by atoms with E-state index >= 15 is 0 Å². The van der Waals surface area contributed by atoms with Crippen LogP contribution in [0.3, 0.4) is 0 Å². The quantitative estimate of drug-likeness (QED) is 0.674. The van der Waals surface area contributed by atoms with Crippen molar-refractivity contribution in [3.05, 3.63) is 0 Å². The summed E-state index contributed by atoms with van der Waals surface area (Å²) < 4.78 is 5.56. The molecule has 5 heteroatoms. The van der Waals surface area contributed by atoms with Crippen molar-refractivity contribution >= 4 is 17.7 Å². The van der Waals surface area contributed by atoms with E-state index in [1.54, 1.807) is 0 Å². The molecule has 4 nitrogen and oxygen atoms in total. The van der Waals surface area contributed by atoms with Crippen LogP contribution in [0.15, 0.2) is 0 Å². The SMILES string of the molecule is CSCCCN1CCC(OCCC(=O)O)CC1. The molecule has 1 saturated heterocycles. The summed E-state index contributed by atoms with van der Waals surface area (Å²) in [6.07, 6.45) is 5.87. The van der Waals surface area contributed by atoms with Crippen molar-refractivity contribution in [1.82, 2.24) is 4.90 Å². The number of carboxylic acids is 1. The second kappa shape index (κ2) is 8.78. The summed E-state index contributed by atoms with van der Waals surface area (Å²) in [4.78, 5) is 12.8. The predicted octanol–water partition coefficient (Wildman–Crippen LogP) is 1.70. The number of ether oxygens (including phenoxy) is 1. The molecular formula is C12H23NO3S. The summed E-state index contributed by atoms with van der Waals surface area (Å²) >= 11 is 1.90. The first-order chi connectivity index (χ1) is 8.22. The number of hydrogen-bond donors (Lipinski definition) is 1. The zero-order valence-electron chi connectivity index (χ0n) is 10.6. The van der Waals surface area contributed by atoms with E-state index in [1.165, 1.54) is 18.7 Å². The molecule has 0 saturated carbocycles. The molecule has 0 aromatic rings. The van der Waals surface area contributed by atoms with Crippen molar-refractivity contribution in [3.8, 4) is 0 Å². The van der Waals surface area contributed by atoms with Crippen molar-refractivity contribution in [2.75, 3.05) is 38.2 Å². The van der Waals surface area contributed by atoms with Crippen LogP contribution in [0.4, 0.5) is 0 Å². The minimum Gasteiger partial charge on any atom is -0.481 e. The average Bonchev–Trinajstić information content (AvgIpc) is 2.31. The first-order valence-corrected chi connectivity index (χ1v) is 7.66. The fourth-order valence-corrected chi connectivity index (χ4v) is 2.46. The topological polar surface area (TPSA) is 49.8 Å². The lowest BCUT2D eigenvalue weighted by Gasteiger charge is -2.31. The molecule has 17 heavy (non-hydrogen) atoms. The lowest BCUT2D eigenvalue weighted by molar-refractivity contribution is -0.138. The van der Waals surface area contributed by atoms with E-state index in [-0.39, 0.29) is 12.5 Å². The Hall–Kier alpha value is -0.260. The van der Waals surface area contributed by atoms with Gasteiger partial charge in [-0.3, -0.25) is 4.79 Å². The van der Waals surface area contributed by atoms with Gasteiger partial charge in [0.2, 0.25) is 0 Å². The van der Waals surface area contributed by atoms with Gasteiger partial charge in [-0.05, 0) is 37.8 Å². The summed E-state index contributed by atoms with van der Waals surface area (Å²) in [5, 5.41) is 8.52. The van der Waals surface area contributed by atoms with Crippen molar-refractivity contribution in [2.45, 2.75) is 31.8 Å². The molecule has 1 aliphatic rings. The van der Waals surface area contributed by atoms with Crippen LogP contribution in [0.2, 0.25) is 0 Å². The maximum Gasteiger partial charge on any atom is 0.305 e. The zero-order valence-corrected chi connectivity index (χ0v) is 11.4. The molecule has 0 aliphatic carbocycles. The fourth-order valence-electron chi connectivity index (χ4n) is 2.04. The van der Waals surface area contributed by atoms with E-state index in [0.717, 1.165) is 25.9 Å². The summed E-state index contributed by atoms with van der Waals surface area (Å²) in [6, 6.07) is 0. The van der Waals surface area contributed by atoms with Gasteiger partial charge in [-0.2, -0.15) is 11.8 Å². The number of nitrogens with zero attached hydrogens (tertiary/aromatic N) is 1. The Kier molecular flexibility index (Phi) is 7.64. The average molecular weight is 261 g/mol. The normalized spacial score (nSPS) is 18.4. The smallest absolute Gasteiger partial charge is 0.305 e. The molecule has 0 unspecified atom stereocenters. The molecular weight excluding hydrogens is 238 g/mol. The second-order valence-corrected chi connectivity index (χ2v) is 5.39. The highest BCUT2D eigenvalue weighted by atomic mass is 32.2. The van der Waals surface area contributed by atoms with Crippen molar-refractivity contribution in [2.24, 2.45) is 0 Å². The van der Waals surface area contributed by atoms with Gasteiger partial charge in [-0.1, -0.05) is 0 Å². The minimum absolute atomic E-state index is 0.119. The molecule has 0 spiro atoms. The van der Waals surface area contributed by atoms with E-state index in [2.05, 4.69) is 11.2 Å². The number of piperidine rings is 1. The van der Waals surface area contributed by atoms with Crippen molar-refractivity contribution in [3.63, 3.8) is 0 Å². The summed E-state index contributed by atoms with van der Waals surface area (Å²) in [5.74, 6) is 0.453. The Balaban J connectivity index is 2.03. The van der Waals surface area contributed by atoms with E-state index in [1.807, 2.05) is 11.8 Å². The third-order valence-corrected chi connectivity index (χ3v) is 3.72. The Labute approximate surface area is 108 Å². The van der Waals surface area contributed by atoms with E-state index < -0.39 is 5.97 Å². The fraction of sp³-hybridized carbons (Fsp3) is 0.917. The second-order valence-electron chi connectivity index (χ2n) is 4.40. The van der Waals surface area contributed by atoms with Gasteiger partial charge < -0.3 is 14.7 Å². The first-order valence-electron chi connectivity index (χ1n) is 6.27. The summed E-state index contributed by atoms with van der Waals surface area (Å²) in [7, 11) is 0. The molecule has 0 amide bonds. The molecule has 0 aromatic heterocycles. The van der Waals surface area contributed by atoms with Crippen molar-refractivity contribution in [1.29, 1.82) is 0 Å². The molecule has 1 aliphatic heterocycles. The molecule has 0 aromatic carbocycles. The zero-order chi connectivity index (χ0) is 12.5. The largest absolute Gasteiger partial charge is 0.481 e. The highest BCUT2D eigenvalue weighted by Gasteiger charge is 2.19. The number of carbonyl (C=O) groups is 1. The van der Waals surface area contributed by atoms with Crippen LogP contribution in [-0.4, -0.2) is 60.3 Å². The van der Waals surface area contributed by atoms with Crippen LogP contribution in [0.25, 0.3) is 0 Å². The standard InChI is InChI=1S/C12H23NO3S/c1-17-10-2-6-13-7-3-11(4-8-13)16-9-5-12(14)15/h11H,2-10H2,1H3,(H,14,15). The molecule has 1 N–H and O–H groups in total. The minimum atomic E-state index is -0.778. The van der Waals surface area contributed by atoms with Gasteiger partial charge in [0.05, 0.1) is 19.1 Å². The third-order valence-electron chi connectivity index (χ3n) is 3.03. The van der Waals surface area contributed by atoms with Crippen LogP contribution >= 0.6 is 11.8 Å². The van der Waals surface area contributed by atoms with Crippen LogP contribution in [0.1, 0.15) is 25.7 Å². The Morgan fingerprint density at radius 1 is 1.47 bits per heavy atom. The molecule has 0 bridgehead atoms. The van der Waals surface area contributed by atoms with Crippen LogP contribution in [0, 0.1) is 0 Å². The number of carboxylic acid groups (broad SMARTS) is 1. The maximum absolute atomic E-state index is 10.3. The van der Waals surface area contributed by atoms with Crippen LogP contribution in [-0.2, 0) is 9.53 Å². The lowest BCUT2D eigenvalue weighted by atomic mass is 10.1. The van der Waals surface area contributed by atoms with Gasteiger partial charge in [0.25, 0.3) is 0 Å². The number of rotatable bonds is 8. The van der Waals surface area contributed by atoms with Crippen LogP contribution in [0.5, 0.6) is 0 Å². The highest BCUT2D eigenvalue weighted by Crippen LogP contribution is 2.14. The van der Waals surface area contributed by atoms with E-state index in [9.17, 15) is 4.79 Å².